The van der Waals surface area contributed by atoms with E-state index in [1.165, 1.54) is 36.1 Å². The van der Waals surface area contributed by atoms with Crippen molar-refractivity contribution in [2.24, 2.45) is 11.3 Å². The lowest BCUT2D eigenvalue weighted by Gasteiger charge is -2.36. The average Bonchev–Trinajstić information content (AvgIpc) is 3.12. The van der Waals surface area contributed by atoms with Gasteiger partial charge in [0.25, 0.3) is 5.91 Å². The molecule has 0 saturated heterocycles. The van der Waals surface area contributed by atoms with Gasteiger partial charge in [-0.2, -0.15) is 0 Å². The van der Waals surface area contributed by atoms with Gasteiger partial charge >= 0.3 is 0 Å². The summed E-state index contributed by atoms with van der Waals surface area (Å²) >= 11 is 1.65. The summed E-state index contributed by atoms with van der Waals surface area (Å²) in [4.78, 5) is 14.1. The zero-order chi connectivity index (χ0) is 16.6. The van der Waals surface area contributed by atoms with Gasteiger partial charge in [-0.3, -0.25) is 4.79 Å². The number of hydrogen-bond donors (Lipinski definition) is 2. The third kappa shape index (κ3) is 3.28. The molecule has 1 aromatic rings. The van der Waals surface area contributed by atoms with E-state index in [4.69, 9.17) is 5.73 Å². The van der Waals surface area contributed by atoms with Crippen molar-refractivity contribution < 1.29 is 4.79 Å². The van der Waals surface area contributed by atoms with Crippen LogP contribution in [0.4, 0.5) is 5.00 Å². The minimum atomic E-state index is 0.0695. The number of nitrogens with two attached hydrogens (primary N) is 1. The van der Waals surface area contributed by atoms with Crippen LogP contribution in [0.1, 0.15) is 80.1 Å². The van der Waals surface area contributed by atoms with Crippen molar-refractivity contribution in [2.75, 3.05) is 5.73 Å². The first-order valence-electron chi connectivity index (χ1n) is 9.13. The Hall–Kier alpha value is -1.03. The maximum Gasteiger partial charge on any atom is 0.254 e. The van der Waals surface area contributed by atoms with Gasteiger partial charge in [0, 0.05) is 10.9 Å². The van der Waals surface area contributed by atoms with Crippen LogP contribution in [-0.4, -0.2) is 11.9 Å². The van der Waals surface area contributed by atoms with Crippen molar-refractivity contribution in [1.29, 1.82) is 0 Å². The van der Waals surface area contributed by atoms with Gasteiger partial charge in [0.05, 0.1) is 10.6 Å². The number of anilines is 1. The molecule has 2 aliphatic rings. The number of carbonyl (C=O) groups excluding carboxylic acids is 1. The molecule has 1 saturated carbocycles. The molecule has 128 valence electrons. The van der Waals surface area contributed by atoms with Crippen molar-refractivity contribution in [2.45, 2.75) is 78.2 Å². The average molecular weight is 335 g/mol. The van der Waals surface area contributed by atoms with Gasteiger partial charge in [0.15, 0.2) is 0 Å². The first-order chi connectivity index (χ1) is 10.9. The Labute approximate surface area is 144 Å². The molecule has 0 aliphatic heterocycles. The second-order valence-electron chi connectivity index (χ2n) is 7.98. The van der Waals surface area contributed by atoms with Gasteiger partial charge in [0.2, 0.25) is 0 Å². The fourth-order valence-electron chi connectivity index (χ4n) is 4.14. The first-order valence-corrected chi connectivity index (χ1v) is 9.95. The Morgan fingerprint density at radius 3 is 2.65 bits per heavy atom. The molecule has 2 aliphatic carbocycles. The summed E-state index contributed by atoms with van der Waals surface area (Å²) in [5.41, 5.74) is 8.64. The van der Waals surface area contributed by atoms with Crippen LogP contribution in [0.25, 0.3) is 0 Å². The Morgan fingerprint density at radius 1 is 1.30 bits per heavy atom. The van der Waals surface area contributed by atoms with Gasteiger partial charge < -0.3 is 11.1 Å². The number of fused-ring (bicyclic) bond motifs is 1. The highest BCUT2D eigenvalue weighted by Gasteiger charge is 2.35. The monoisotopic (exact) mass is 334 g/mol. The van der Waals surface area contributed by atoms with Gasteiger partial charge in [-0.15, -0.1) is 11.3 Å². The van der Waals surface area contributed by atoms with Crippen molar-refractivity contribution in [3.05, 3.63) is 16.0 Å². The van der Waals surface area contributed by atoms with E-state index in [0.29, 0.717) is 17.4 Å². The second kappa shape index (κ2) is 6.46. The number of nitrogen functional groups attached to an aromatic ring is 1. The van der Waals surface area contributed by atoms with Crippen LogP contribution in [0.3, 0.4) is 0 Å². The fourth-order valence-corrected chi connectivity index (χ4v) is 5.33. The van der Waals surface area contributed by atoms with Crippen LogP contribution >= 0.6 is 11.3 Å². The van der Waals surface area contributed by atoms with Crippen LogP contribution < -0.4 is 11.1 Å². The minimum Gasteiger partial charge on any atom is -0.390 e. The highest BCUT2D eigenvalue weighted by molar-refractivity contribution is 7.16. The summed E-state index contributed by atoms with van der Waals surface area (Å²) in [6, 6.07) is 0.354. The van der Waals surface area contributed by atoms with E-state index in [2.05, 4.69) is 26.1 Å². The molecular formula is C19H30N2OS. The van der Waals surface area contributed by atoms with Crippen LogP contribution in [0.5, 0.6) is 0 Å². The largest absolute Gasteiger partial charge is 0.390 e. The molecule has 0 spiro atoms. The Bertz CT molecular complexity index is 584. The zero-order valence-electron chi connectivity index (χ0n) is 14.7. The normalized spacial score (nSPS) is 22.1. The molecule has 23 heavy (non-hydrogen) atoms. The molecule has 1 amide bonds. The second-order valence-corrected chi connectivity index (χ2v) is 9.12. The minimum absolute atomic E-state index is 0.0695. The van der Waals surface area contributed by atoms with Crippen molar-refractivity contribution in [3.63, 3.8) is 0 Å². The predicted octanol–water partition coefficient (Wildman–Crippen LogP) is 4.54. The molecule has 1 aromatic heterocycles. The molecule has 3 rings (SSSR count). The molecule has 0 radical (unpaired) electrons. The van der Waals surface area contributed by atoms with Crippen molar-refractivity contribution >= 4 is 22.2 Å². The molecular weight excluding hydrogens is 304 g/mol. The van der Waals surface area contributed by atoms with Crippen LogP contribution in [0, 0.1) is 11.3 Å². The van der Waals surface area contributed by atoms with E-state index in [1.54, 1.807) is 11.3 Å². The van der Waals surface area contributed by atoms with Crippen molar-refractivity contribution in [3.8, 4) is 0 Å². The summed E-state index contributed by atoms with van der Waals surface area (Å²) in [6.07, 6.45) is 9.16. The number of thiophene rings is 1. The zero-order valence-corrected chi connectivity index (χ0v) is 15.5. The maximum atomic E-state index is 12.7. The summed E-state index contributed by atoms with van der Waals surface area (Å²) in [5, 5.41) is 3.94. The molecule has 0 bridgehead atoms. The van der Waals surface area contributed by atoms with Crippen LogP contribution in [-0.2, 0) is 12.8 Å². The fraction of sp³-hybridized carbons (Fsp3) is 0.737. The quantitative estimate of drug-likeness (QED) is 0.849. The number of nitrogens with one attached hydrogen (secondary N) is 1. The van der Waals surface area contributed by atoms with E-state index in [-0.39, 0.29) is 5.91 Å². The molecule has 3 N–H and O–H groups in total. The summed E-state index contributed by atoms with van der Waals surface area (Å²) in [5.74, 6) is 0.767. The number of hydrogen-bond acceptors (Lipinski definition) is 3. The Kier molecular flexibility index (Phi) is 4.73. The number of amides is 1. The molecule has 1 heterocycles. The lowest BCUT2D eigenvalue weighted by molar-refractivity contribution is 0.0937. The Morgan fingerprint density at radius 2 is 2.00 bits per heavy atom. The van der Waals surface area contributed by atoms with Crippen molar-refractivity contribution in [1.82, 2.24) is 5.32 Å². The lowest BCUT2D eigenvalue weighted by Crippen LogP contribution is -2.34. The van der Waals surface area contributed by atoms with E-state index < -0.39 is 0 Å². The standard InChI is InChI=1S/C19H30N2OS/c1-4-19(2,3)12-9-10-14-15(11-12)23-17(20)16(14)18(22)21-13-7-5-6-8-13/h12-13H,4-11,20H2,1-3H3,(H,21,22). The van der Waals surface area contributed by atoms with Gasteiger partial charge in [-0.1, -0.05) is 40.0 Å². The molecule has 1 unspecified atom stereocenters. The highest BCUT2D eigenvalue weighted by Crippen LogP contribution is 2.44. The highest BCUT2D eigenvalue weighted by atomic mass is 32.1. The third-order valence-electron chi connectivity index (χ3n) is 6.23. The van der Waals surface area contributed by atoms with Gasteiger partial charge in [-0.25, -0.2) is 0 Å². The van der Waals surface area contributed by atoms with Gasteiger partial charge in [0.1, 0.15) is 0 Å². The summed E-state index contributed by atoms with van der Waals surface area (Å²) < 4.78 is 0. The maximum absolute atomic E-state index is 12.7. The predicted molar refractivity (Wildman–Crippen MR) is 98.0 cm³/mol. The first kappa shape index (κ1) is 16.8. The summed E-state index contributed by atoms with van der Waals surface area (Å²) in [6.45, 7) is 7.01. The smallest absolute Gasteiger partial charge is 0.254 e. The number of rotatable bonds is 4. The topological polar surface area (TPSA) is 55.1 Å². The number of carbonyl (C=O) groups is 1. The molecule has 3 nitrogen and oxygen atoms in total. The van der Waals surface area contributed by atoms with Crippen LogP contribution in [0.15, 0.2) is 0 Å². The van der Waals surface area contributed by atoms with E-state index >= 15 is 0 Å². The molecule has 1 atom stereocenters. The lowest BCUT2D eigenvalue weighted by atomic mass is 9.69. The summed E-state index contributed by atoms with van der Waals surface area (Å²) in [7, 11) is 0. The van der Waals surface area contributed by atoms with E-state index in [9.17, 15) is 4.79 Å². The van der Waals surface area contributed by atoms with E-state index in [1.807, 2.05) is 0 Å². The van der Waals surface area contributed by atoms with Gasteiger partial charge in [-0.05, 0) is 49.0 Å². The third-order valence-corrected chi connectivity index (χ3v) is 7.31. The SMILES string of the molecule is CCC(C)(C)C1CCc2c(sc(N)c2C(=O)NC2CCCC2)C1. The molecule has 0 aromatic carbocycles. The Balaban J connectivity index is 1.78. The molecule has 1 fully saturated rings. The van der Waals surface area contributed by atoms with E-state index in [0.717, 1.165) is 36.2 Å². The molecule has 4 heteroatoms. The van der Waals surface area contributed by atoms with Crippen LogP contribution in [0.2, 0.25) is 0 Å².